The molecule has 0 aromatic carbocycles. The summed E-state index contributed by atoms with van der Waals surface area (Å²) < 4.78 is 0. The average Bonchev–Trinajstić information content (AvgIpc) is 2.97. The highest BCUT2D eigenvalue weighted by molar-refractivity contribution is 7.99. The summed E-state index contributed by atoms with van der Waals surface area (Å²) >= 11 is 2.62. The lowest BCUT2D eigenvalue weighted by Gasteiger charge is -2.06. The third-order valence-corrected chi connectivity index (χ3v) is 4.26. The number of nitrogens with zero attached hydrogens (tertiary/aromatic N) is 3. The van der Waals surface area contributed by atoms with Gasteiger partial charge in [0, 0.05) is 11.4 Å². The van der Waals surface area contributed by atoms with Gasteiger partial charge in [0.2, 0.25) is 17.8 Å². The van der Waals surface area contributed by atoms with Gasteiger partial charge >= 0.3 is 6.03 Å². The summed E-state index contributed by atoms with van der Waals surface area (Å²) in [7, 11) is 0. The van der Waals surface area contributed by atoms with Crippen LogP contribution in [0.25, 0.3) is 0 Å². The van der Waals surface area contributed by atoms with Crippen LogP contribution in [0.4, 0.5) is 16.7 Å². The molecule has 0 aliphatic heterocycles. The van der Waals surface area contributed by atoms with Crippen molar-refractivity contribution in [1.29, 1.82) is 0 Å². The van der Waals surface area contributed by atoms with Crippen LogP contribution in [-0.2, 0) is 11.2 Å². The largest absolute Gasteiger partial charge is 0.368 e. The van der Waals surface area contributed by atoms with Crippen LogP contribution in [0, 0.1) is 0 Å². The number of thiophene rings is 1. The quantitative estimate of drug-likeness (QED) is 0.540. The molecule has 2 aromatic heterocycles. The van der Waals surface area contributed by atoms with Crippen LogP contribution in [0.5, 0.6) is 0 Å². The normalized spacial score (nSPS) is 10.3. The molecule has 0 atom stereocenters. The van der Waals surface area contributed by atoms with E-state index < -0.39 is 11.9 Å². The number of rotatable bonds is 6. The highest BCUT2D eigenvalue weighted by Crippen LogP contribution is 2.13. The fourth-order valence-electron chi connectivity index (χ4n) is 1.54. The maximum Gasteiger partial charge on any atom is 0.321 e. The molecule has 2 aromatic rings. The van der Waals surface area contributed by atoms with Crippen molar-refractivity contribution >= 4 is 46.9 Å². The van der Waals surface area contributed by atoms with E-state index in [0.29, 0.717) is 6.54 Å². The number of thioether (sulfide) groups is 1. The topological polar surface area (TPSA) is 149 Å². The number of urea groups is 1. The monoisotopic (exact) mass is 353 g/mol. The van der Waals surface area contributed by atoms with Crippen LogP contribution >= 0.6 is 23.1 Å². The first-order chi connectivity index (χ1) is 11.0. The van der Waals surface area contributed by atoms with Crippen molar-refractivity contribution in [2.45, 2.75) is 11.6 Å². The molecule has 0 unspecified atom stereocenters. The number of imide groups is 1. The van der Waals surface area contributed by atoms with Gasteiger partial charge in [0.15, 0.2) is 5.16 Å². The molecule has 9 nitrogen and oxygen atoms in total. The first kappa shape index (κ1) is 17.0. The van der Waals surface area contributed by atoms with Crippen molar-refractivity contribution in [2.24, 2.45) is 0 Å². The lowest BCUT2D eigenvalue weighted by Crippen LogP contribution is -2.41. The molecule has 0 radical (unpaired) electrons. The zero-order valence-corrected chi connectivity index (χ0v) is 13.6. The first-order valence-electron chi connectivity index (χ1n) is 6.53. The Hall–Kier alpha value is -2.40. The van der Waals surface area contributed by atoms with Gasteiger partial charge in [-0.25, -0.2) is 4.79 Å². The van der Waals surface area contributed by atoms with Crippen LogP contribution in [0.3, 0.4) is 0 Å². The zero-order valence-electron chi connectivity index (χ0n) is 12.0. The van der Waals surface area contributed by atoms with Crippen molar-refractivity contribution < 1.29 is 9.59 Å². The van der Waals surface area contributed by atoms with E-state index in [9.17, 15) is 9.59 Å². The number of nitrogens with two attached hydrogens (primary N) is 2. The predicted molar refractivity (Wildman–Crippen MR) is 88.9 cm³/mol. The molecule has 3 amide bonds. The number of aromatic nitrogens is 3. The summed E-state index contributed by atoms with van der Waals surface area (Å²) in [6.07, 6.45) is 0.720. The van der Waals surface area contributed by atoms with E-state index in [4.69, 9.17) is 11.5 Å². The smallest absolute Gasteiger partial charge is 0.321 e. The molecular weight excluding hydrogens is 338 g/mol. The number of carbonyl (C=O) groups excluding carboxylic acids is 2. The Morgan fingerprint density at radius 1 is 1.22 bits per heavy atom. The summed E-state index contributed by atoms with van der Waals surface area (Å²) in [5.74, 6) is -0.555. The summed E-state index contributed by atoms with van der Waals surface area (Å²) in [5.41, 5.74) is 10.8. The molecule has 0 fully saturated rings. The molecule has 0 spiro atoms. The van der Waals surface area contributed by atoms with E-state index >= 15 is 0 Å². The van der Waals surface area contributed by atoms with Crippen LogP contribution in [-0.4, -0.2) is 39.2 Å². The number of anilines is 2. The number of carbonyl (C=O) groups is 2. The number of nitrogens with one attached hydrogen (secondary N) is 2. The van der Waals surface area contributed by atoms with Gasteiger partial charge in [0.1, 0.15) is 0 Å². The average molecular weight is 353 g/mol. The second kappa shape index (κ2) is 8.29. The van der Waals surface area contributed by atoms with Crippen molar-refractivity contribution in [3.8, 4) is 0 Å². The molecule has 0 saturated carbocycles. The van der Waals surface area contributed by atoms with Crippen molar-refractivity contribution in [3.05, 3.63) is 22.4 Å². The van der Waals surface area contributed by atoms with E-state index in [1.54, 1.807) is 11.3 Å². The predicted octanol–water partition coefficient (Wildman–Crippen LogP) is 0.258. The van der Waals surface area contributed by atoms with E-state index in [1.807, 2.05) is 17.5 Å². The molecule has 122 valence electrons. The highest BCUT2D eigenvalue weighted by Gasteiger charge is 2.10. The Morgan fingerprint density at radius 2 is 1.96 bits per heavy atom. The van der Waals surface area contributed by atoms with E-state index in [2.05, 4.69) is 25.6 Å². The Bertz CT molecular complexity index is 658. The van der Waals surface area contributed by atoms with Gasteiger partial charge in [0.05, 0.1) is 5.75 Å². The third-order valence-electron chi connectivity index (χ3n) is 2.47. The van der Waals surface area contributed by atoms with Crippen LogP contribution in [0.2, 0.25) is 0 Å². The number of hydrogen-bond acceptors (Lipinski definition) is 9. The van der Waals surface area contributed by atoms with Crippen LogP contribution < -0.4 is 22.1 Å². The Labute approximate surface area is 140 Å². The van der Waals surface area contributed by atoms with E-state index in [-0.39, 0.29) is 22.8 Å². The van der Waals surface area contributed by atoms with Gasteiger partial charge in [-0.3, -0.25) is 10.1 Å². The number of nitrogen functional groups attached to an aromatic ring is 2. The fourth-order valence-corrected chi connectivity index (χ4v) is 2.90. The van der Waals surface area contributed by atoms with Crippen molar-refractivity contribution in [2.75, 3.05) is 23.8 Å². The van der Waals surface area contributed by atoms with Gasteiger partial charge in [-0.1, -0.05) is 17.8 Å². The first-order valence-corrected chi connectivity index (χ1v) is 8.39. The molecule has 0 bridgehead atoms. The second-order valence-electron chi connectivity index (χ2n) is 4.26. The van der Waals surface area contributed by atoms with E-state index in [1.165, 1.54) is 0 Å². The van der Waals surface area contributed by atoms with Crippen LogP contribution in [0.15, 0.2) is 22.7 Å². The maximum atomic E-state index is 11.7. The lowest BCUT2D eigenvalue weighted by molar-refractivity contribution is -0.117. The van der Waals surface area contributed by atoms with Gasteiger partial charge in [0.25, 0.3) is 0 Å². The molecule has 6 N–H and O–H groups in total. The van der Waals surface area contributed by atoms with Gasteiger partial charge < -0.3 is 16.8 Å². The van der Waals surface area contributed by atoms with Crippen molar-refractivity contribution in [1.82, 2.24) is 25.6 Å². The maximum absolute atomic E-state index is 11.7. The molecule has 0 saturated heterocycles. The minimum absolute atomic E-state index is 0.0215. The summed E-state index contributed by atoms with van der Waals surface area (Å²) in [4.78, 5) is 35.7. The SMILES string of the molecule is Nc1nc(N)nc(SCC(=O)NC(=O)NCCc2cccs2)n1. The molecule has 0 aliphatic carbocycles. The lowest BCUT2D eigenvalue weighted by atomic mass is 10.3. The fraction of sp³-hybridized carbons (Fsp3) is 0.250. The van der Waals surface area contributed by atoms with Crippen LogP contribution in [0.1, 0.15) is 4.88 Å². The zero-order chi connectivity index (χ0) is 16.7. The Balaban J connectivity index is 1.68. The van der Waals surface area contributed by atoms with Gasteiger partial charge in [-0.2, -0.15) is 15.0 Å². The minimum Gasteiger partial charge on any atom is -0.368 e. The summed E-state index contributed by atoms with van der Waals surface area (Å²) in [5, 5.41) is 7.03. The highest BCUT2D eigenvalue weighted by atomic mass is 32.2. The molecule has 2 heterocycles. The van der Waals surface area contributed by atoms with Gasteiger partial charge in [-0.05, 0) is 17.9 Å². The number of hydrogen-bond donors (Lipinski definition) is 4. The standard InChI is InChI=1S/C12H15N7O2S2/c13-9-17-10(14)19-12(18-9)23-6-8(20)16-11(21)15-4-3-7-2-1-5-22-7/h1-2,5H,3-4,6H2,(H2,15,16,20,21)(H4,13,14,17,18,19). The molecule has 0 aliphatic rings. The third kappa shape index (κ3) is 6.08. The Morgan fingerprint density at radius 3 is 2.61 bits per heavy atom. The van der Waals surface area contributed by atoms with Gasteiger partial charge in [-0.15, -0.1) is 11.3 Å². The summed E-state index contributed by atoms with van der Waals surface area (Å²) in [6.45, 7) is 0.452. The molecular formula is C12H15N7O2S2. The molecule has 23 heavy (non-hydrogen) atoms. The summed E-state index contributed by atoms with van der Waals surface area (Å²) in [6, 6.07) is 3.39. The number of amides is 3. The minimum atomic E-state index is -0.540. The van der Waals surface area contributed by atoms with E-state index in [0.717, 1.165) is 23.1 Å². The van der Waals surface area contributed by atoms with Crippen molar-refractivity contribution in [3.63, 3.8) is 0 Å². The molecule has 2 rings (SSSR count). The molecule has 11 heteroatoms. The Kier molecular flexibility index (Phi) is 6.11. The second-order valence-corrected chi connectivity index (χ2v) is 6.23.